The summed E-state index contributed by atoms with van der Waals surface area (Å²) in [5, 5.41) is 0. The van der Waals surface area contributed by atoms with E-state index in [4.69, 9.17) is 5.73 Å². The number of benzene rings is 2. The highest BCUT2D eigenvalue weighted by Crippen LogP contribution is 2.53. The van der Waals surface area contributed by atoms with Crippen molar-refractivity contribution in [1.29, 1.82) is 0 Å². The molecule has 1 fully saturated rings. The van der Waals surface area contributed by atoms with E-state index in [0.29, 0.717) is 11.8 Å². The van der Waals surface area contributed by atoms with Crippen LogP contribution in [0, 0.1) is 12.8 Å². The van der Waals surface area contributed by atoms with Crippen LogP contribution in [-0.2, 0) is 0 Å². The summed E-state index contributed by atoms with van der Waals surface area (Å²) in [6, 6.07) is 19.5. The summed E-state index contributed by atoms with van der Waals surface area (Å²) in [6.45, 7) is 2.12. The molecule has 1 aliphatic rings. The molecule has 92 valence electrons. The minimum atomic E-state index is 0.176. The predicted molar refractivity (Wildman–Crippen MR) is 75.4 cm³/mol. The smallest absolute Gasteiger partial charge is 0.0329 e. The Bertz CT molecular complexity index is 532. The van der Waals surface area contributed by atoms with E-state index in [2.05, 4.69) is 61.5 Å². The van der Waals surface area contributed by atoms with Crippen molar-refractivity contribution in [2.75, 3.05) is 0 Å². The van der Waals surface area contributed by atoms with E-state index in [1.54, 1.807) is 0 Å². The number of hydrogen-bond donors (Lipinski definition) is 1. The van der Waals surface area contributed by atoms with Crippen molar-refractivity contribution in [1.82, 2.24) is 0 Å². The van der Waals surface area contributed by atoms with Gasteiger partial charge in [-0.2, -0.15) is 0 Å². The fourth-order valence-corrected chi connectivity index (χ4v) is 2.82. The van der Waals surface area contributed by atoms with Gasteiger partial charge in [0.05, 0.1) is 0 Å². The maximum atomic E-state index is 6.40. The van der Waals surface area contributed by atoms with Gasteiger partial charge in [-0.25, -0.2) is 0 Å². The molecule has 0 aromatic heterocycles. The zero-order valence-corrected chi connectivity index (χ0v) is 10.7. The summed E-state index contributed by atoms with van der Waals surface area (Å²) in [7, 11) is 0. The van der Waals surface area contributed by atoms with Gasteiger partial charge in [0.15, 0.2) is 0 Å². The Kier molecular flexibility index (Phi) is 2.92. The van der Waals surface area contributed by atoms with Crippen LogP contribution in [-0.4, -0.2) is 0 Å². The molecule has 2 N–H and O–H groups in total. The molecule has 0 aliphatic heterocycles. The fraction of sp³-hybridized carbons (Fsp3) is 0.294. The molecule has 0 heterocycles. The number of hydrogen-bond acceptors (Lipinski definition) is 1. The molecule has 0 saturated heterocycles. The van der Waals surface area contributed by atoms with Gasteiger partial charge in [-0.3, -0.25) is 0 Å². The maximum absolute atomic E-state index is 6.40. The van der Waals surface area contributed by atoms with Gasteiger partial charge in [-0.1, -0.05) is 60.2 Å². The minimum absolute atomic E-state index is 0.176. The summed E-state index contributed by atoms with van der Waals surface area (Å²) in [5.41, 5.74) is 10.4. The van der Waals surface area contributed by atoms with Gasteiger partial charge in [-0.05, 0) is 36.3 Å². The van der Waals surface area contributed by atoms with Crippen molar-refractivity contribution in [3.8, 4) is 0 Å². The minimum Gasteiger partial charge on any atom is -0.324 e. The van der Waals surface area contributed by atoms with Gasteiger partial charge in [0.1, 0.15) is 0 Å². The van der Waals surface area contributed by atoms with Gasteiger partial charge in [-0.15, -0.1) is 0 Å². The fourth-order valence-electron chi connectivity index (χ4n) is 2.82. The molecule has 1 heteroatoms. The Hall–Kier alpha value is -1.60. The van der Waals surface area contributed by atoms with E-state index in [-0.39, 0.29) is 6.04 Å². The van der Waals surface area contributed by atoms with Crippen LogP contribution in [0.4, 0.5) is 0 Å². The van der Waals surface area contributed by atoms with E-state index >= 15 is 0 Å². The Morgan fingerprint density at radius 2 is 1.83 bits per heavy atom. The third-order valence-corrected chi connectivity index (χ3v) is 3.96. The first-order valence-electron chi connectivity index (χ1n) is 6.63. The Morgan fingerprint density at radius 1 is 1.06 bits per heavy atom. The molecule has 1 nitrogen and oxygen atoms in total. The van der Waals surface area contributed by atoms with E-state index < -0.39 is 0 Å². The second-order valence-electron chi connectivity index (χ2n) is 5.36. The largest absolute Gasteiger partial charge is 0.324 e. The molecule has 1 saturated carbocycles. The van der Waals surface area contributed by atoms with Gasteiger partial charge < -0.3 is 5.73 Å². The Labute approximate surface area is 109 Å². The first-order valence-corrected chi connectivity index (χ1v) is 6.63. The van der Waals surface area contributed by atoms with Crippen LogP contribution in [0.3, 0.4) is 0 Å². The summed E-state index contributed by atoms with van der Waals surface area (Å²) in [5.74, 6) is 1.26. The molecule has 3 unspecified atom stereocenters. The average Bonchev–Trinajstić information content (AvgIpc) is 3.19. The molecule has 0 radical (unpaired) electrons. The third-order valence-electron chi connectivity index (χ3n) is 3.96. The summed E-state index contributed by atoms with van der Waals surface area (Å²) in [4.78, 5) is 0. The summed E-state index contributed by atoms with van der Waals surface area (Å²) in [6.07, 6.45) is 1.22. The topological polar surface area (TPSA) is 26.0 Å². The van der Waals surface area contributed by atoms with Crippen molar-refractivity contribution in [2.24, 2.45) is 11.7 Å². The first kappa shape index (κ1) is 11.5. The third kappa shape index (κ3) is 2.19. The molecule has 3 rings (SSSR count). The van der Waals surface area contributed by atoms with Gasteiger partial charge in [0.2, 0.25) is 0 Å². The van der Waals surface area contributed by atoms with Gasteiger partial charge in [0, 0.05) is 6.04 Å². The zero-order valence-electron chi connectivity index (χ0n) is 10.7. The molecule has 0 spiro atoms. The van der Waals surface area contributed by atoms with Crippen LogP contribution in [0.1, 0.15) is 35.1 Å². The van der Waals surface area contributed by atoms with Crippen LogP contribution in [0.25, 0.3) is 0 Å². The van der Waals surface area contributed by atoms with Gasteiger partial charge in [0.25, 0.3) is 0 Å². The lowest BCUT2D eigenvalue weighted by atomic mass is 9.98. The monoisotopic (exact) mass is 237 g/mol. The number of aryl methyl sites for hydroxylation is 1. The van der Waals surface area contributed by atoms with Crippen molar-refractivity contribution < 1.29 is 0 Å². The molecule has 1 aliphatic carbocycles. The summed E-state index contributed by atoms with van der Waals surface area (Å²) >= 11 is 0. The normalized spacial score (nSPS) is 23.7. The van der Waals surface area contributed by atoms with E-state index in [9.17, 15) is 0 Å². The van der Waals surface area contributed by atoms with Crippen LogP contribution in [0.2, 0.25) is 0 Å². The molecular weight excluding hydrogens is 218 g/mol. The number of rotatable bonds is 3. The highest BCUT2D eigenvalue weighted by molar-refractivity contribution is 5.31. The molecule has 0 amide bonds. The molecular formula is C17H19N. The van der Waals surface area contributed by atoms with Crippen LogP contribution >= 0.6 is 0 Å². The van der Waals surface area contributed by atoms with Crippen molar-refractivity contribution in [2.45, 2.75) is 25.3 Å². The molecule has 0 bridgehead atoms. The second kappa shape index (κ2) is 4.58. The lowest BCUT2D eigenvalue weighted by Gasteiger charge is -2.12. The highest BCUT2D eigenvalue weighted by Gasteiger charge is 2.42. The van der Waals surface area contributed by atoms with Crippen molar-refractivity contribution in [3.63, 3.8) is 0 Å². The zero-order chi connectivity index (χ0) is 12.5. The van der Waals surface area contributed by atoms with Crippen molar-refractivity contribution in [3.05, 3.63) is 71.3 Å². The molecule has 18 heavy (non-hydrogen) atoms. The Morgan fingerprint density at radius 3 is 2.56 bits per heavy atom. The lowest BCUT2D eigenvalue weighted by molar-refractivity contribution is 0.615. The number of nitrogens with two attached hydrogens (primary N) is 1. The average molecular weight is 237 g/mol. The molecule has 3 atom stereocenters. The molecule has 2 aromatic rings. The van der Waals surface area contributed by atoms with Crippen LogP contribution < -0.4 is 5.73 Å². The van der Waals surface area contributed by atoms with Gasteiger partial charge >= 0.3 is 0 Å². The molecule has 2 aromatic carbocycles. The SMILES string of the molecule is Cc1cccc(C(N)C2CC2c2ccccc2)c1. The standard InChI is InChI=1S/C17H19N/c1-12-6-5-9-14(10-12)17(18)16-11-15(16)13-7-3-2-4-8-13/h2-10,15-17H,11,18H2,1H3. The van der Waals surface area contributed by atoms with E-state index in [0.717, 1.165) is 0 Å². The first-order chi connectivity index (χ1) is 8.75. The summed E-state index contributed by atoms with van der Waals surface area (Å²) < 4.78 is 0. The maximum Gasteiger partial charge on any atom is 0.0329 e. The van der Waals surface area contributed by atoms with Crippen LogP contribution in [0.5, 0.6) is 0 Å². The van der Waals surface area contributed by atoms with E-state index in [1.165, 1.54) is 23.1 Å². The lowest BCUT2D eigenvalue weighted by Crippen LogP contribution is -2.13. The Balaban J connectivity index is 1.75. The van der Waals surface area contributed by atoms with Crippen molar-refractivity contribution >= 4 is 0 Å². The predicted octanol–water partition coefficient (Wildman–Crippen LogP) is 3.80. The van der Waals surface area contributed by atoms with E-state index in [1.807, 2.05) is 0 Å². The van der Waals surface area contributed by atoms with Crippen LogP contribution in [0.15, 0.2) is 54.6 Å². The highest BCUT2D eigenvalue weighted by atomic mass is 14.7. The second-order valence-corrected chi connectivity index (χ2v) is 5.36. The quantitative estimate of drug-likeness (QED) is 0.863.